The molecule has 0 saturated carbocycles. The quantitative estimate of drug-likeness (QED) is 0.706. The second kappa shape index (κ2) is 5.72. The molecule has 0 spiro atoms. The first-order valence-electron chi connectivity index (χ1n) is 5.87. The maximum absolute atomic E-state index is 5.83. The Hall–Kier alpha value is -0.760. The van der Waals surface area contributed by atoms with Gasteiger partial charge in [0.15, 0.2) is 0 Å². The molecule has 1 aromatic rings. The van der Waals surface area contributed by atoms with Crippen molar-refractivity contribution in [3.05, 3.63) is 39.9 Å². The normalized spacial score (nSPS) is 11.2. The maximum atomic E-state index is 5.83. The molecule has 0 bridgehead atoms. The van der Waals surface area contributed by atoms with Gasteiger partial charge in [-0.15, -0.1) is 0 Å². The summed E-state index contributed by atoms with van der Waals surface area (Å²) in [6, 6.07) is 6.19. The summed E-state index contributed by atoms with van der Waals surface area (Å²) in [6.45, 7) is 11.4. The number of ether oxygens (including phenoxy) is 1. The summed E-state index contributed by atoms with van der Waals surface area (Å²) in [5, 5.41) is 0. The number of halogens is 1. The molecule has 0 unspecified atom stereocenters. The van der Waals surface area contributed by atoms with E-state index in [1.54, 1.807) is 0 Å². The highest BCUT2D eigenvalue weighted by Crippen LogP contribution is 2.33. The van der Waals surface area contributed by atoms with Crippen LogP contribution in [0.4, 0.5) is 0 Å². The van der Waals surface area contributed by atoms with Gasteiger partial charge in [-0.3, -0.25) is 0 Å². The summed E-state index contributed by atoms with van der Waals surface area (Å²) < 4.78 is 6.93. The van der Waals surface area contributed by atoms with Gasteiger partial charge >= 0.3 is 0 Å². The van der Waals surface area contributed by atoms with E-state index in [1.807, 2.05) is 12.1 Å². The zero-order valence-corrected chi connectivity index (χ0v) is 12.9. The predicted molar refractivity (Wildman–Crippen MR) is 77.8 cm³/mol. The summed E-state index contributed by atoms with van der Waals surface area (Å²) in [6.07, 6.45) is 2.09. The van der Waals surface area contributed by atoms with Crippen LogP contribution < -0.4 is 4.74 Å². The molecule has 0 N–H and O–H groups in total. The smallest absolute Gasteiger partial charge is 0.123 e. The molecule has 1 aromatic carbocycles. The van der Waals surface area contributed by atoms with E-state index in [9.17, 15) is 0 Å². The maximum Gasteiger partial charge on any atom is 0.123 e. The zero-order valence-electron chi connectivity index (χ0n) is 11.3. The molecular weight excluding hydrogens is 276 g/mol. The van der Waals surface area contributed by atoms with Crippen LogP contribution in [0.3, 0.4) is 0 Å². The molecule has 17 heavy (non-hydrogen) atoms. The van der Waals surface area contributed by atoms with Gasteiger partial charge in [-0.25, -0.2) is 0 Å². The third-order valence-corrected chi connectivity index (χ3v) is 2.97. The first-order chi connectivity index (χ1) is 7.80. The molecule has 1 rings (SSSR count). The Kier molecular flexibility index (Phi) is 4.81. The number of benzene rings is 1. The third-order valence-electron chi connectivity index (χ3n) is 2.48. The Morgan fingerprint density at radius 1 is 1.29 bits per heavy atom. The molecule has 94 valence electrons. The lowest BCUT2D eigenvalue weighted by Crippen LogP contribution is -2.13. The van der Waals surface area contributed by atoms with E-state index >= 15 is 0 Å². The van der Waals surface area contributed by atoms with Crippen molar-refractivity contribution in [1.82, 2.24) is 0 Å². The Morgan fingerprint density at radius 2 is 1.94 bits per heavy atom. The molecular formula is C15H21BrO. The first kappa shape index (κ1) is 14.3. The minimum atomic E-state index is 0.0874. The van der Waals surface area contributed by atoms with Crippen molar-refractivity contribution in [2.75, 3.05) is 6.61 Å². The van der Waals surface area contributed by atoms with E-state index < -0.39 is 0 Å². The van der Waals surface area contributed by atoms with Crippen molar-refractivity contribution in [1.29, 1.82) is 0 Å². The molecule has 0 fully saturated rings. The van der Waals surface area contributed by atoms with E-state index in [2.05, 4.69) is 62.7 Å². The lowest BCUT2D eigenvalue weighted by atomic mass is 9.86. The Morgan fingerprint density at radius 3 is 2.47 bits per heavy atom. The van der Waals surface area contributed by atoms with Crippen LogP contribution in [0, 0.1) is 0 Å². The molecule has 0 atom stereocenters. The average molecular weight is 297 g/mol. The van der Waals surface area contributed by atoms with Crippen molar-refractivity contribution in [2.24, 2.45) is 0 Å². The van der Waals surface area contributed by atoms with Crippen LogP contribution in [-0.2, 0) is 5.41 Å². The lowest BCUT2D eigenvalue weighted by molar-refractivity contribution is 0.350. The number of allylic oxidation sites excluding steroid dienone is 1. The number of rotatable bonds is 3. The third kappa shape index (κ3) is 4.55. The van der Waals surface area contributed by atoms with Gasteiger partial charge in [-0.1, -0.05) is 42.3 Å². The van der Waals surface area contributed by atoms with E-state index in [0.717, 1.165) is 10.2 Å². The molecule has 0 heterocycles. The van der Waals surface area contributed by atoms with Crippen LogP contribution in [-0.4, -0.2) is 6.61 Å². The topological polar surface area (TPSA) is 9.23 Å². The fraction of sp³-hybridized carbons (Fsp3) is 0.467. The zero-order chi connectivity index (χ0) is 13.1. The lowest BCUT2D eigenvalue weighted by Gasteiger charge is -2.23. The molecule has 0 aliphatic carbocycles. The minimum absolute atomic E-state index is 0.0874. The second-order valence-corrected chi connectivity index (χ2v) is 6.40. The molecule has 0 radical (unpaired) electrons. The standard InChI is InChI=1S/C15H21BrO/c1-11(2)8-9-17-14-7-6-12(16)10-13(14)15(3,4)5/h6-8,10H,9H2,1-5H3. The second-order valence-electron chi connectivity index (χ2n) is 5.48. The van der Waals surface area contributed by atoms with Gasteiger partial charge < -0.3 is 4.74 Å². The van der Waals surface area contributed by atoms with Crippen molar-refractivity contribution >= 4 is 15.9 Å². The largest absolute Gasteiger partial charge is 0.489 e. The average Bonchev–Trinajstić information content (AvgIpc) is 2.18. The van der Waals surface area contributed by atoms with Gasteiger partial charge in [0.05, 0.1) is 0 Å². The van der Waals surface area contributed by atoms with E-state index in [4.69, 9.17) is 4.74 Å². The fourth-order valence-electron chi connectivity index (χ4n) is 1.51. The summed E-state index contributed by atoms with van der Waals surface area (Å²) in [4.78, 5) is 0. The van der Waals surface area contributed by atoms with Gasteiger partial charge in [0.25, 0.3) is 0 Å². The molecule has 0 aromatic heterocycles. The summed E-state index contributed by atoms with van der Waals surface area (Å²) >= 11 is 3.51. The summed E-state index contributed by atoms with van der Waals surface area (Å²) in [7, 11) is 0. The molecule has 0 aliphatic rings. The number of hydrogen-bond acceptors (Lipinski definition) is 1. The first-order valence-corrected chi connectivity index (χ1v) is 6.66. The van der Waals surface area contributed by atoms with Crippen molar-refractivity contribution < 1.29 is 4.74 Å². The van der Waals surface area contributed by atoms with E-state index in [1.165, 1.54) is 11.1 Å². The highest BCUT2D eigenvalue weighted by atomic mass is 79.9. The molecule has 0 saturated heterocycles. The minimum Gasteiger partial charge on any atom is -0.489 e. The van der Waals surface area contributed by atoms with Crippen LogP contribution in [0.2, 0.25) is 0 Å². The van der Waals surface area contributed by atoms with E-state index in [0.29, 0.717) is 6.61 Å². The Labute approximate surface area is 113 Å². The van der Waals surface area contributed by atoms with Crippen molar-refractivity contribution in [3.8, 4) is 5.75 Å². The highest BCUT2D eigenvalue weighted by Gasteiger charge is 2.19. The molecule has 1 nitrogen and oxygen atoms in total. The van der Waals surface area contributed by atoms with Gasteiger partial charge in [0.1, 0.15) is 12.4 Å². The van der Waals surface area contributed by atoms with Crippen molar-refractivity contribution in [2.45, 2.75) is 40.0 Å². The van der Waals surface area contributed by atoms with E-state index in [-0.39, 0.29) is 5.41 Å². The number of hydrogen-bond donors (Lipinski definition) is 0. The molecule has 0 aliphatic heterocycles. The monoisotopic (exact) mass is 296 g/mol. The fourth-order valence-corrected chi connectivity index (χ4v) is 1.87. The van der Waals surface area contributed by atoms with Crippen LogP contribution in [0.1, 0.15) is 40.2 Å². The van der Waals surface area contributed by atoms with Crippen LogP contribution >= 0.6 is 15.9 Å². The van der Waals surface area contributed by atoms with Gasteiger partial charge in [0, 0.05) is 10.0 Å². The van der Waals surface area contributed by atoms with Gasteiger partial charge in [-0.2, -0.15) is 0 Å². The van der Waals surface area contributed by atoms with Crippen LogP contribution in [0.25, 0.3) is 0 Å². The highest BCUT2D eigenvalue weighted by molar-refractivity contribution is 9.10. The Balaban J connectivity index is 2.95. The van der Waals surface area contributed by atoms with Crippen LogP contribution in [0.15, 0.2) is 34.3 Å². The summed E-state index contributed by atoms with van der Waals surface area (Å²) in [5.41, 5.74) is 2.60. The van der Waals surface area contributed by atoms with Gasteiger partial charge in [0.2, 0.25) is 0 Å². The Bertz CT molecular complexity index is 409. The summed E-state index contributed by atoms with van der Waals surface area (Å²) in [5.74, 6) is 0.971. The molecule has 0 amide bonds. The van der Waals surface area contributed by atoms with Crippen LogP contribution in [0.5, 0.6) is 5.75 Å². The molecule has 2 heteroatoms. The van der Waals surface area contributed by atoms with Crippen molar-refractivity contribution in [3.63, 3.8) is 0 Å². The van der Waals surface area contributed by atoms with Gasteiger partial charge in [-0.05, 0) is 43.5 Å². The SMILES string of the molecule is CC(C)=CCOc1ccc(Br)cc1C(C)(C)C. The predicted octanol–water partition coefficient (Wildman–Crippen LogP) is 5.09.